The number of hydrogen-bond donors (Lipinski definition) is 2. The molecule has 0 aliphatic heterocycles. The smallest absolute Gasteiger partial charge is 0.172 e. The van der Waals surface area contributed by atoms with Gasteiger partial charge >= 0.3 is 0 Å². The third kappa shape index (κ3) is 2.48. The van der Waals surface area contributed by atoms with Crippen LogP contribution in [0.3, 0.4) is 0 Å². The molecule has 96 valence electrons. The van der Waals surface area contributed by atoms with E-state index in [0.717, 1.165) is 23.3 Å². The fourth-order valence-corrected chi connectivity index (χ4v) is 3.61. The second kappa shape index (κ2) is 4.84. The third-order valence-corrected chi connectivity index (χ3v) is 4.40. The number of pyridine rings is 1. The predicted octanol–water partition coefficient (Wildman–Crippen LogP) is 2.87. The quantitative estimate of drug-likeness (QED) is 0.803. The number of aromatic nitrogens is 1. The fourth-order valence-electron chi connectivity index (χ4n) is 3.35. The molecule has 2 bridgehead atoms. The maximum atomic E-state index is 5.37. The molecule has 2 N–H and O–H groups in total. The minimum absolute atomic E-state index is 0.577. The first kappa shape index (κ1) is 11.9. The van der Waals surface area contributed by atoms with Gasteiger partial charge in [0.15, 0.2) is 5.11 Å². The summed E-state index contributed by atoms with van der Waals surface area (Å²) in [5.41, 5.74) is 1.00. The predicted molar refractivity (Wildman–Crippen MR) is 77.6 cm³/mol. The largest absolute Gasteiger partial charge is 0.359 e. The SMILES string of the molecule is Cc1cccc(NC(=S)N[C@H]2C[C@H]3CC[C@@H]2C3)n1. The molecule has 4 heteroatoms. The molecular weight excluding hydrogens is 242 g/mol. The third-order valence-electron chi connectivity index (χ3n) is 4.18. The molecule has 2 fully saturated rings. The molecule has 3 nitrogen and oxygen atoms in total. The van der Waals surface area contributed by atoms with Crippen LogP contribution in [0, 0.1) is 18.8 Å². The van der Waals surface area contributed by atoms with E-state index < -0.39 is 0 Å². The van der Waals surface area contributed by atoms with Gasteiger partial charge in [-0.2, -0.15) is 0 Å². The minimum atomic E-state index is 0.577. The zero-order valence-electron chi connectivity index (χ0n) is 10.6. The highest BCUT2D eigenvalue weighted by molar-refractivity contribution is 7.80. The first-order valence-corrected chi connectivity index (χ1v) is 7.13. The van der Waals surface area contributed by atoms with Crippen molar-refractivity contribution in [3.8, 4) is 0 Å². The van der Waals surface area contributed by atoms with E-state index in [1.54, 1.807) is 0 Å². The van der Waals surface area contributed by atoms with Gasteiger partial charge in [0.1, 0.15) is 5.82 Å². The summed E-state index contributed by atoms with van der Waals surface area (Å²) >= 11 is 5.37. The average molecular weight is 261 g/mol. The van der Waals surface area contributed by atoms with Gasteiger partial charge in [-0.1, -0.05) is 12.5 Å². The highest BCUT2D eigenvalue weighted by atomic mass is 32.1. The second-order valence-corrected chi connectivity index (χ2v) is 5.95. The average Bonchev–Trinajstić information content (AvgIpc) is 2.90. The lowest BCUT2D eigenvalue weighted by atomic mass is 9.96. The summed E-state index contributed by atoms with van der Waals surface area (Å²) in [6, 6.07) is 6.50. The molecule has 1 heterocycles. The Bertz CT molecular complexity index is 460. The number of thiocarbonyl (C=S) groups is 1. The Balaban J connectivity index is 1.56. The molecule has 2 saturated carbocycles. The lowest BCUT2D eigenvalue weighted by Crippen LogP contribution is -2.40. The number of aryl methyl sites for hydroxylation is 1. The topological polar surface area (TPSA) is 37.0 Å². The maximum absolute atomic E-state index is 5.37. The van der Waals surface area contributed by atoms with E-state index in [-0.39, 0.29) is 0 Å². The van der Waals surface area contributed by atoms with E-state index >= 15 is 0 Å². The van der Waals surface area contributed by atoms with E-state index in [1.165, 1.54) is 25.7 Å². The summed E-state index contributed by atoms with van der Waals surface area (Å²) in [6.07, 6.45) is 5.47. The molecule has 1 aromatic heterocycles. The van der Waals surface area contributed by atoms with Crippen molar-refractivity contribution in [2.45, 2.75) is 38.6 Å². The van der Waals surface area contributed by atoms with Crippen molar-refractivity contribution in [1.82, 2.24) is 10.3 Å². The van der Waals surface area contributed by atoms with Crippen molar-refractivity contribution >= 4 is 23.1 Å². The molecule has 0 unspecified atom stereocenters. The van der Waals surface area contributed by atoms with E-state index in [4.69, 9.17) is 12.2 Å². The van der Waals surface area contributed by atoms with Crippen LogP contribution in [0.15, 0.2) is 18.2 Å². The molecule has 3 atom stereocenters. The van der Waals surface area contributed by atoms with Gasteiger partial charge in [-0.15, -0.1) is 0 Å². The molecule has 2 aliphatic carbocycles. The van der Waals surface area contributed by atoms with Crippen molar-refractivity contribution in [2.75, 3.05) is 5.32 Å². The van der Waals surface area contributed by atoms with Crippen LogP contribution in [0.1, 0.15) is 31.4 Å². The van der Waals surface area contributed by atoms with Gasteiger partial charge in [0, 0.05) is 11.7 Å². The van der Waals surface area contributed by atoms with Gasteiger partial charge < -0.3 is 10.6 Å². The molecule has 0 saturated heterocycles. The molecule has 0 spiro atoms. The van der Waals surface area contributed by atoms with Crippen LogP contribution < -0.4 is 10.6 Å². The fraction of sp³-hybridized carbons (Fsp3) is 0.571. The summed E-state index contributed by atoms with van der Waals surface area (Å²) in [5, 5.41) is 7.35. The van der Waals surface area contributed by atoms with E-state index in [0.29, 0.717) is 11.2 Å². The van der Waals surface area contributed by atoms with E-state index in [9.17, 15) is 0 Å². The summed E-state index contributed by atoms with van der Waals surface area (Å²) in [5.74, 6) is 2.60. The van der Waals surface area contributed by atoms with Crippen LogP contribution in [0.2, 0.25) is 0 Å². The van der Waals surface area contributed by atoms with Crippen molar-refractivity contribution in [1.29, 1.82) is 0 Å². The van der Waals surface area contributed by atoms with E-state index in [2.05, 4.69) is 15.6 Å². The minimum Gasteiger partial charge on any atom is -0.359 e. The highest BCUT2D eigenvalue weighted by Crippen LogP contribution is 2.44. The van der Waals surface area contributed by atoms with Gasteiger partial charge in [-0.3, -0.25) is 0 Å². The van der Waals surface area contributed by atoms with E-state index in [1.807, 2.05) is 25.1 Å². The van der Waals surface area contributed by atoms with Crippen LogP contribution in [-0.2, 0) is 0 Å². The Hall–Kier alpha value is -1.16. The summed E-state index contributed by atoms with van der Waals surface area (Å²) in [7, 11) is 0. The van der Waals surface area contributed by atoms with Crippen LogP contribution >= 0.6 is 12.2 Å². The van der Waals surface area contributed by atoms with Gasteiger partial charge in [0.25, 0.3) is 0 Å². The molecule has 3 rings (SSSR count). The number of anilines is 1. The zero-order chi connectivity index (χ0) is 12.5. The maximum Gasteiger partial charge on any atom is 0.172 e. The number of nitrogens with one attached hydrogen (secondary N) is 2. The molecule has 0 aromatic carbocycles. The number of rotatable bonds is 2. The molecule has 0 amide bonds. The number of fused-ring (bicyclic) bond motifs is 2. The summed E-state index contributed by atoms with van der Waals surface area (Å²) in [4.78, 5) is 4.40. The van der Waals surface area contributed by atoms with Crippen LogP contribution in [-0.4, -0.2) is 16.1 Å². The van der Waals surface area contributed by atoms with Crippen molar-refractivity contribution in [3.63, 3.8) is 0 Å². The van der Waals surface area contributed by atoms with Gasteiger partial charge in [-0.25, -0.2) is 4.98 Å². The Morgan fingerprint density at radius 3 is 2.89 bits per heavy atom. The monoisotopic (exact) mass is 261 g/mol. The lowest BCUT2D eigenvalue weighted by Gasteiger charge is -2.24. The first-order valence-electron chi connectivity index (χ1n) is 6.72. The second-order valence-electron chi connectivity index (χ2n) is 5.54. The normalized spacial score (nSPS) is 29.3. The Morgan fingerprint density at radius 1 is 1.33 bits per heavy atom. The number of hydrogen-bond acceptors (Lipinski definition) is 2. The Labute approximate surface area is 113 Å². The number of nitrogens with zero attached hydrogens (tertiary/aromatic N) is 1. The summed E-state index contributed by atoms with van der Waals surface area (Å²) < 4.78 is 0. The highest BCUT2D eigenvalue weighted by Gasteiger charge is 2.39. The Morgan fingerprint density at radius 2 is 2.22 bits per heavy atom. The molecule has 0 radical (unpaired) electrons. The molecule has 18 heavy (non-hydrogen) atoms. The molecule has 1 aromatic rings. The van der Waals surface area contributed by atoms with Crippen molar-refractivity contribution < 1.29 is 0 Å². The lowest BCUT2D eigenvalue weighted by molar-refractivity contribution is 0.392. The van der Waals surface area contributed by atoms with Crippen molar-refractivity contribution in [2.24, 2.45) is 11.8 Å². The van der Waals surface area contributed by atoms with Gasteiger partial charge in [-0.05, 0) is 62.4 Å². The summed E-state index contributed by atoms with van der Waals surface area (Å²) in [6.45, 7) is 1.98. The van der Waals surface area contributed by atoms with Crippen molar-refractivity contribution in [3.05, 3.63) is 23.9 Å². The molecular formula is C14H19N3S. The van der Waals surface area contributed by atoms with Gasteiger partial charge in [0.2, 0.25) is 0 Å². The first-order chi connectivity index (χ1) is 8.70. The van der Waals surface area contributed by atoms with Crippen LogP contribution in [0.5, 0.6) is 0 Å². The van der Waals surface area contributed by atoms with Crippen LogP contribution in [0.4, 0.5) is 5.82 Å². The van der Waals surface area contributed by atoms with Crippen LogP contribution in [0.25, 0.3) is 0 Å². The zero-order valence-corrected chi connectivity index (χ0v) is 11.5. The Kier molecular flexibility index (Phi) is 3.20. The standard InChI is InChI=1S/C14H19N3S/c1-9-3-2-4-13(15-9)17-14(18)16-12-8-10-5-6-11(12)7-10/h2-4,10-12H,5-8H2,1H3,(H2,15,16,17,18)/t10-,11+,12-/m0/s1. The van der Waals surface area contributed by atoms with Gasteiger partial charge in [0.05, 0.1) is 0 Å². The molecule has 2 aliphatic rings.